The highest BCUT2D eigenvalue weighted by Gasteiger charge is 2.71. The summed E-state index contributed by atoms with van der Waals surface area (Å²) in [7, 11) is 1.44. The van der Waals surface area contributed by atoms with Gasteiger partial charge in [0.05, 0.1) is 32.2 Å². The lowest BCUT2D eigenvalue weighted by Gasteiger charge is -2.23. The Morgan fingerprint density at radius 3 is 2.86 bits per heavy atom. The zero-order chi connectivity index (χ0) is 15.6. The van der Waals surface area contributed by atoms with Gasteiger partial charge in [-0.1, -0.05) is 0 Å². The predicted molar refractivity (Wildman–Crippen MR) is 75.0 cm³/mol. The molecule has 2 aliphatic rings. The van der Waals surface area contributed by atoms with Crippen LogP contribution in [0.15, 0.2) is 6.33 Å². The number of anilines is 1. The summed E-state index contributed by atoms with van der Waals surface area (Å²) in [6.45, 7) is -0.153. The number of hydrogen-bond acceptors (Lipinski definition) is 8. The molecule has 5 N–H and O–H groups in total. The van der Waals surface area contributed by atoms with Crippen molar-refractivity contribution < 1.29 is 20.1 Å². The van der Waals surface area contributed by atoms with Crippen LogP contribution in [0.4, 0.5) is 5.82 Å². The van der Waals surface area contributed by atoms with Gasteiger partial charge < -0.3 is 30.4 Å². The molecule has 118 valence electrons. The van der Waals surface area contributed by atoms with Gasteiger partial charge in [-0.15, -0.1) is 0 Å². The van der Waals surface area contributed by atoms with E-state index in [9.17, 15) is 15.3 Å². The molecule has 22 heavy (non-hydrogen) atoms. The number of rotatable bonds is 3. The molecule has 2 saturated carbocycles. The third-order valence-corrected chi connectivity index (χ3v) is 5.08. The number of ether oxygens (including phenoxy) is 1. The Balaban J connectivity index is 1.84. The molecule has 2 aromatic heterocycles. The predicted octanol–water partition coefficient (Wildman–Crippen LogP) is -1.31. The first-order chi connectivity index (χ1) is 10.5. The molecule has 0 aliphatic heterocycles. The first-order valence-electron chi connectivity index (χ1n) is 7.04. The van der Waals surface area contributed by atoms with Crippen LogP contribution in [-0.2, 0) is 0 Å². The number of aromatic nitrogens is 4. The largest absolute Gasteiger partial charge is 0.467 e. The van der Waals surface area contributed by atoms with Gasteiger partial charge in [-0.2, -0.15) is 9.97 Å². The number of aliphatic hydroxyl groups excluding tert-OH is 3. The van der Waals surface area contributed by atoms with Crippen molar-refractivity contribution in [2.75, 3.05) is 19.5 Å². The van der Waals surface area contributed by atoms with E-state index in [2.05, 4.69) is 15.0 Å². The average Bonchev–Trinajstić information content (AvgIpc) is 3.03. The lowest BCUT2D eigenvalue weighted by Crippen LogP contribution is -2.35. The smallest absolute Gasteiger partial charge is 0.320 e. The van der Waals surface area contributed by atoms with Gasteiger partial charge in [0.15, 0.2) is 17.0 Å². The van der Waals surface area contributed by atoms with Crippen LogP contribution in [0.1, 0.15) is 12.5 Å². The van der Waals surface area contributed by atoms with Gasteiger partial charge in [-0.3, -0.25) is 0 Å². The molecule has 0 amide bonds. The molecular formula is C13H17N5O4. The van der Waals surface area contributed by atoms with Gasteiger partial charge in [-0.05, 0) is 12.3 Å². The molecule has 2 fully saturated rings. The zero-order valence-electron chi connectivity index (χ0n) is 11.9. The summed E-state index contributed by atoms with van der Waals surface area (Å²) in [5.74, 6) is 0.167. The third kappa shape index (κ3) is 1.50. The molecule has 9 heteroatoms. The highest BCUT2D eigenvalue weighted by molar-refractivity contribution is 5.82. The number of fused-ring (bicyclic) bond motifs is 2. The van der Waals surface area contributed by atoms with E-state index in [1.807, 2.05) is 0 Å². The van der Waals surface area contributed by atoms with Crippen molar-refractivity contribution >= 4 is 17.0 Å². The molecule has 0 bridgehead atoms. The molecule has 5 atom stereocenters. The summed E-state index contributed by atoms with van der Waals surface area (Å²) in [4.78, 5) is 12.4. The Morgan fingerprint density at radius 2 is 2.23 bits per heavy atom. The lowest BCUT2D eigenvalue weighted by molar-refractivity contribution is -0.0300. The zero-order valence-corrected chi connectivity index (χ0v) is 11.9. The fourth-order valence-electron chi connectivity index (χ4n) is 3.78. The summed E-state index contributed by atoms with van der Waals surface area (Å²) in [6, 6.07) is -0.296. The van der Waals surface area contributed by atoms with E-state index in [1.165, 1.54) is 13.4 Å². The van der Waals surface area contributed by atoms with E-state index in [0.717, 1.165) is 0 Å². The standard InChI is InChI=1S/C13H17N5O4/c1-22-12-16-10(14)6-11(17-12)18(4-15-6)7-5-2-13(5,3-19)9(21)8(7)20/h4-5,7-9,19-21H,2-3H2,1H3,(H2,14,16,17)/t5-,7-,8?,9-,13+/m1/s1. The minimum absolute atomic E-state index is 0.0258. The minimum Gasteiger partial charge on any atom is -0.467 e. The molecule has 2 heterocycles. The molecule has 4 rings (SSSR count). The molecule has 0 saturated heterocycles. The van der Waals surface area contributed by atoms with Gasteiger partial charge in [0.25, 0.3) is 0 Å². The fraction of sp³-hybridized carbons (Fsp3) is 0.615. The Kier molecular flexibility index (Phi) is 2.66. The number of aliphatic hydroxyl groups is 3. The summed E-state index contributed by atoms with van der Waals surface area (Å²) >= 11 is 0. The average molecular weight is 307 g/mol. The van der Waals surface area contributed by atoms with E-state index in [4.69, 9.17) is 10.5 Å². The highest BCUT2D eigenvalue weighted by atomic mass is 16.5. The van der Waals surface area contributed by atoms with Crippen molar-refractivity contribution in [2.45, 2.75) is 24.7 Å². The van der Waals surface area contributed by atoms with E-state index < -0.39 is 23.7 Å². The Morgan fingerprint density at radius 1 is 1.45 bits per heavy atom. The van der Waals surface area contributed by atoms with Crippen LogP contribution in [0.3, 0.4) is 0 Å². The number of nitrogen functional groups attached to an aromatic ring is 1. The van der Waals surface area contributed by atoms with Crippen LogP contribution >= 0.6 is 0 Å². The number of imidazole rings is 1. The Bertz CT molecular complexity index is 749. The topological polar surface area (TPSA) is 140 Å². The third-order valence-electron chi connectivity index (χ3n) is 5.08. The quantitative estimate of drug-likeness (QED) is 0.548. The Hall–Kier alpha value is -1.97. The molecule has 0 radical (unpaired) electrons. The minimum atomic E-state index is -0.995. The first kappa shape index (κ1) is 13.7. The van der Waals surface area contributed by atoms with Crippen molar-refractivity contribution in [3.05, 3.63) is 6.33 Å². The number of nitrogens with two attached hydrogens (primary N) is 1. The van der Waals surface area contributed by atoms with Crippen LogP contribution in [0, 0.1) is 11.3 Å². The summed E-state index contributed by atoms with van der Waals surface area (Å²) in [6.07, 6.45) is 0.224. The summed E-state index contributed by atoms with van der Waals surface area (Å²) in [5, 5.41) is 30.1. The first-order valence-corrected chi connectivity index (χ1v) is 7.04. The van der Waals surface area contributed by atoms with Crippen LogP contribution in [0.25, 0.3) is 11.2 Å². The molecule has 2 aromatic rings. The molecule has 0 spiro atoms. The second-order valence-electron chi connectivity index (χ2n) is 6.05. The van der Waals surface area contributed by atoms with Crippen molar-refractivity contribution in [2.24, 2.45) is 11.3 Å². The number of methoxy groups -OCH3 is 1. The SMILES string of the molecule is COc1nc(N)c2ncn([C@H]3C(O)[C@@H](O)[C@]4(CO)C[C@H]34)c2n1. The number of hydrogen-bond donors (Lipinski definition) is 4. The monoisotopic (exact) mass is 307 g/mol. The van der Waals surface area contributed by atoms with Crippen molar-refractivity contribution in [3.63, 3.8) is 0 Å². The van der Waals surface area contributed by atoms with E-state index in [-0.39, 0.29) is 24.4 Å². The Labute approximate surface area is 125 Å². The summed E-state index contributed by atoms with van der Waals surface area (Å²) in [5.41, 5.74) is 6.09. The highest BCUT2D eigenvalue weighted by Crippen LogP contribution is 2.67. The molecule has 9 nitrogen and oxygen atoms in total. The van der Waals surface area contributed by atoms with Gasteiger partial charge in [0.2, 0.25) is 0 Å². The van der Waals surface area contributed by atoms with E-state index in [0.29, 0.717) is 17.6 Å². The fourth-order valence-corrected chi connectivity index (χ4v) is 3.78. The van der Waals surface area contributed by atoms with Crippen molar-refractivity contribution in [3.8, 4) is 6.01 Å². The van der Waals surface area contributed by atoms with Crippen LogP contribution in [0.5, 0.6) is 6.01 Å². The van der Waals surface area contributed by atoms with Crippen LogP contribution in [-0.4, -0.2) is 60.8 Å². The second-order valence-corrected chi connectivity index (χ2v) is 6.05. The molecular weight excluding hydrogens is 290 g/mol. The van der Waals surface area contributed by atoms with Gasteiger partial charge in [-0.25, -0.2) is 4.98 Å². The summed E-state index contributed by atoms with van der Waals surface area (Å²) < 4.78 is 6.71. The maximum absolute atomic E-state index is 10.4. The van der Waals surface area contributed by atoms with Crippen LogP contribution in [0.2, 0.25) is 0 Å². The van der Waals surface area contributed by atoms with Gasteiger partial charge >= 0.3 is 6.01 Å². The van der Waals surface area contributed by atoms with Crippen molar-refractivity contribution in [1.82, 2.24) is 19.5 Å². The molecule has 2 aliphatic carbocycles. The van der Waals surface area contributed by atoms with Crippen LogP contribution < -0.4 is 10.5 Å². The number of nitrogens with zero attached hydrogens (tertiary/aromatic N) is 4. The lowest BCUT2D eigenvalue weighted by atomic mass is 10.0. The normalized spacial score (nSPS) is 36.5. The van der Waals surface area contributed by atoms with E-state index >= 15 is 0 Å². The van der Waals surface area contributed by atoms with Crippen molar-refractivity contribution in [1.29, 1.82) is 0 Å². The van der Waals surface area contributed by atoms with Gasteiger partial charge in [0, 0.05) is 5.41 Å². The van der Waals surface area contributed by atoms with E-state index in [1.54, 1.807) is 4.57 Å². The van der Waals surface area contributed by atoms with Gasteiger partial charge in [0.1, 0.15) is 6.10 Å². The molecule has 0 aromatic carbocycles. The second kappa shape index (κ2) is 4.28. The molecule has 1 unspecified atom stereocenters. The maximum atomic E-state index is 10.4. The maximum Gasteiger partial charge on any atom is 0.320 e.